The highest BCUT2D eigenvalue weighted by molar-refractivity contribution is 5.86. The molecule has 2 N–H and O–H groups in total. The molecular formula is C16H21NO3. The lowest BCUT2D eigenvalue weighted by Gasteiger charge is -2.32. The molecule has 1 aromatic carbocycles. The number of amides is 1. The quantitative estimate of drug-likeness (QED) is 0.836. The van der Waals surface area contributed by atoms with Crippen molar-refractivity contribution in [2.24, 2.45) is 11.8 Å². The van der Waals surface area contributed by atoms with E-state index in [2.05, 4.69) is 17.4 Å². The summed E-state index contributed by atoms with van der Waals surface area (Å²) in [6.07, 6.45) is 3.08. The normalized spacial score (nSPS) is 22.6. The van der Waals surface area contributed by atoms with Crippen molar-refractivity contribution in [1.29, 1.82) is 0 Å². The minimum Gasteiger partial charge on any atom is -0.481 e. The number of hydrogen-bond acceptors (Lipinski definition) is 2. The van der Waals surface area contributed by atoms with Gasteiger partial charge >= 0.3 is 5.97 Å². The SMILES string of the molecule is CC(CCc1ccccc1)NC(=O)C1CCC1C(=O)O. The molecule has 2 rings (SSSR count). The van der Waals surface area contributed by atoms with E-state index in [1.807, 2.05) is 25.1 Å². The van der Waals surface area contributed by atoms with Crippen LogP contribution < -0.4 is 5.32 Å². The molecule has 1 saturated carbocycles. The van der Waals surface area contributed by atoms with Gasteiger partial charge in [-0.3, -0.25) is 9.59 Å². The Morgan fingerprint density at radius 1 is 1.25 bits per heavy atom. The maximum atomic E-state index is 12.0. The Hall–Kier alpha value is -1.84. The van der Waals surface area contributed by atoms with Gasteiger partial charge in [0.1, 0.15) is 0 Å². The largest absolute Gasteiger partial charge is 0.481 e. The van der Waals surface area contributed by atoms with Crippen LogP contribution in [-0.2, 0) is 16.0 Å². The van der Waals surface area contributed by atoms with E-state index < -0.39 is 11.9 Å². The Labute approximate surface area is 119 Å². The van der Waals surface area contributed by atoms with Gasteiger partial charge in [-0.25, -0.2) is 0 Å². The zero-order chi connectivity index (χ0) is 14.5. The van der Waals surface area contributed by atoms with Gasteiger partial charge in [-0.2, -0.15) is 0 Å². The molecule has 4 heteroatoms. The number of carbonyl (C=O) groups excluding carboxylic acids is 1. The number of carbonyl (C=O) groups is 2. The summed E-state index contributed by atoms with van der Waals surface area (Å²) in [6.45, 7) is 1.97. The van der Waals surface area contributed by atoms with Crippen molar-refractivity contribution < 1.29 is 14.7 Å². The average Bonchev–Trinajstić information content (AvgIpc) is 2.35. The lowest BCUT2D eigenvalue weighted by Crippen LogP contribution is -2.46. The van der Waals surface area contributed by atoms with Gasteiger partial charge < -0.3 is 10.4 Å². The summed E-state index contributed by atoms with van der Waals surface area (Å²) in [5.41, 5.74) is 1.25. The van der Waals surface area contributed by atoms with Crippen LogP contribution in [0.25, 0.3) is 0 Å². The second-order valence-electron chi connectivity index (χ2n) is 5.56. The van der Waals surface area contributed by atoms with Crippen LogP contribution in [0.2, 0.25) is 0 Å². The first-order valence-electron chi connectivity index (χ1n) is 7.15. The zero-order valence-electron chi connectivity index (χ0n) is 11.7. The molecule has 0 bridgehead atoms. The average molecular weight is 275 g/mol. The first kappa shape index (κ1) is 14.6. The molecule has 3 unspecified atom stereocenters. The molecule has 0 radical (unpaired) electrons. The van der Waals surface area contributed by atoms with Gasteiger partial charge in [0.2, 0.25) is 5.91 Å². The van der Waals surface area contributed by atoms with Gasteiger partial charge in [0, 0.05) is 6.04 Å². The summed E-state index contributed by atoms with van der Waals surface area (Å²) >= 11 is 0. The second kappa shape index (κ2) is 6.55. The number of carboxylic acids is 1. The maximum absolute atomic E-state index is 12.0. The van der Waals surface area contributed by atoms with Crippen molar-refractivity contribution in [2.45, 2.75) is 38.6 Å². The third kappa shape index (κ3) is 3.59. The molecule has 20 heavy (non-hydrogen) atoms. The molecular weight excluding hydrogens is 254 g/mol. The van der Waals surface area contributed by atoms with Crippen molar-refractivity contribution in [2.75, 3.05) is 0 Å². The van der Waals surface area contributed by atoms with Crippen molar-refractivity contribution >= 4 is 11.9 Å². The summed E-state index contributed by atoms with van der Waals surface area (Å²) in [6, 6.07) is 10.2. The van der Waals surface area contributed by atoms with E-state index in [1.54, 1.807) is 0 Å². The van der Waals surface area contributed by atoms with E-state index in [4.69, 9.17) is 5.11 Å². The maximum Gasteiger partial charge on any atom is 0.307 e. The van der Waals surface area contributed by atoms with E-state index in [-0.39, 0.29) is 17.9 Å². The molecule has 1 amide bonds. The molecule has 0 aromatic heterocycles. The van der Waals surface area contributed by atoms with Gasteiger partial charge in [0.05, 0.1) is 11.8 Å². The number of aryl methyl sites for hydroxylation is 1. The van der Waals surface area contributed by atoms with Crippen LogP contribution in [0.15, 0.2) is 30.3 Å². The van der Waals surface area contributed by atoms with E-state index in [9.17, 15) is 9.59 Å². The highest BCUT2D eigenvalue weighted by Crippen LogP contribution is 2.34. The number of rotatable bonds is 6. The highest BCUT2D eigenvalue weighted by Gasteiger charge is 2.41. The number of carboxylic acid groups (broad SMARTS) is 1. The molecule has 0 aliphatic heterocycles. The Bertz CT molecular complexity index is 472. The number of hydrogen-bond donors (Lipinski definition) is 2. The van der Waals surface area contributed by atoms with Crippen molar-refractivity contribution in [3.8, 4) is 0 Å². The fourth-order valence-electron chi connectivity index (χ4n) is 2.56. The Morgan fingerprint density at radius 2 is 1.90 bits per heavy atom. The summed E-state index contributed by atoms with van der Waals surface area (Å²) in [5, 5.41) is 11.9. The van der Waals surface area contributed by atoms with Crippen LogP contribution in [0.5, 0.6) is 0 Å². The van der Waals surface area contributed by atoms with E-state index in [1.165, 1.54) is 5.56 Å². The Morgan fingerprint density at radius 3 is 2.45 bits per heavy atom. The standard InChI is InChI=1S/C16H21NO3/c1-11(7-8-12-5-3-2-4-6-12)17-15(18)13-9-10-14(13)16(19)20/h2-6,11,13-14H,7-10H2,1H3,(H,17,18)(H,19,20). The van der Waals surface area contributed by atoms with Crippen LogP contribution in [0.1, 0.15) is 31.7 Å². The Kier molecular flexibility index (Phi) is 4.77. The second-order valence-corrected chi connectivity index (χ2v) is 5.56. The molecule has 4 nitrogen and oxygen atoms in total. The molecule has 0 spiro atoms. The third-order valence-corrected chi connectivity index (χ3v) is 4.03. The van der Waals surface area contributed by atoms with Crippen LogP contribution in [0.4, 0.5) is 0 Å². The van der Waals surface area contributed by atoms with Gasteiger partial charge in [-0.05, 0) is 38.2 Å². The number of nitrogens with one attached hydrogen (secondary N) is 1. The predicted molar refractivity (Wildman–Crippen MR) is 76.2 cm³/mol. The third-order valence-electron chi connectivity index (χ3n) is 4.03. The molecule has 108 valence electrons. The molecule has 1 aromatic rings. The summed E-state index contributed by atoms with van der Waals surface area (Å²) in [7, 11) is 0. The topological polar surface area (TPSA) is 66.4 Å². The van der Waals surface area contributed by atoms with Crippen molar-refractivity contribution in [3.05, 3.63) is 35.9 Å². The Balaban J connectivity index is 1.75. The highest BCUT2D eigenvalue weighted by atomic mass is 16.4. The minimum absolute atomic E-state index is 0.0674. The summed E-state index contributed by atoms with van der Waals surface area (Å²) < 4.78 is 0. The van der Waals surface area contributed by atoms with Crippen molar-refractivity contribution in [3.63, 3.8) is 0 Å². The van der Waals surface area contributed by atoms with Crippen LogP contribution >= 0.6 is 0 Å². The monoisotopic (exact) mass is 275 g/mol. The molecule has 0 heterocycles. The fourth-order valence-corrected chi connectivity index (χ4v) is 2.56. The fraction of sp³-hybridized carbons (Fsp3) is 0.500. The van der Waals surface area contributed by atoms with Crippen molar-refractivity contribution in [1.82, 2.24) is 5.32 Å². The first-order chi connectivity index (χ1) is 9.58. The molecule has 1 aliphatic rings. The van der Waals surface area contributed by atoms with Crippen LogP contribution in [-0.4, -0.2) is 23.0 Å². The van der Waals surface area contributed by atoms with Crippen LogP contribution in [0.3, 0.4) is 0 Å². The lowest BCUT2D eigenvalue weighted by molar-refractivity contribution is -0.152. The lowest BCUT2D eigenvalue weighted by atomic mass is 9.73. The smallest absolute Gasteiger partial charge is 0.307 e. The predicted octanol–water partition coefficient (Wildman–Crippen LogP) is 2.23. The van der Waals surface area contributed by atoms with Crippen LogP contribution in [0, 0.1) is 11.8 Å². The molecule has 0 saturated heterocycles. The number of benzene rings is 1. The minimum atomic E-state index is -0.853. The van der Waals surface area contributed by atoms with E-state index in [0.29, 0.717) is 12.8 Å². The molecule has 1 aliphatic carbocycles. The van der Waals surface area contributed by atoms with E-state index >= 15 is 0 Å². The molecule has 1 fully saturated rings. The zero-order valence-corrected chi connectivity index (χ0v) is 11.7. The van der Waals surface area contributed by atoms with Gasteiger partial charge in [-0.15, -0.1) is 0 Å². The first-order valence-corrected chi connectivity index (χ1v) is 7.15. The van der Waals surface area contributed by atoms with Gasteiger partial charge in [0.15, 0.2) is 0 Å². The summed E-state index contributed by atoms with van der Waals surface area (Å²) in [5.74, 6) is -1.79. The van der Waals surface area contributed by atoms with Gasteiger partial charge in [-0.1, -0.05) is 30.3 Å². The van der Waals surface area contributed by atoms with E-state index in [0.717, 1.165) is 12.8 Å². The number of aliphatic carboxylic acids is 1. The molecule has 3 atom stereocenters. The summed E-state index contributed by atoms with van der Waals surface area (Å²) in [4.78, 5) is 22.9. The van der Waals surface area contributed by atoms with Gasteiger partial charge in [0.25, 0.3) is 0 Å².